The van der Waals surface area contributed by atoms with E-state index < -0.39 is 17.8 Å². The van der Waals surface area contributed by atoms with Gasteiger partial charge in [-0.3, -0.25) is 0 Å². The molecule has 0 aromatic carbocycles. The first kappa shape index (κ1) is 36.1. The van der Waals surface area contributed by atoms with Crippen LogP contribution in [0.25, 0.3) is 0 Å². The minimum Gasteiger partial charge on any atom is -0.512 e. The molecule has 1 N–H and O–H groups in total. The highest BCUT2D eigenvalue weighted by Gasteiger charge is 2.65. The highest BCUT2D eigenvalue weighted by Crippen LogP contribution is 2.50. The predicted octanol–water partition coefficient (Wildman–Crippen LogP) is 9.70. The van der Waals surface area contributed by atoms with Gasteiger partial charge in [-0.05, 0) is 32.1 Å². The zero-order chi connectivity index (χ0) is 31.0. The third kappa shape index (κ3) is 10.3. The Labute approximate surface area is 263 Å². The third-order valence-corrected chi connectivity index (χ3v) is 11.0. The first-order chi connectivity index (χ1) is 20.9. The van der Waals surface area contributed by atoms with Gasteiger partial charge >= 0.3 is 11.9 Å². The summed E-state index contributed by atoms with van der Waals surface area (Å²) in [7, 11) is 0. The smallest absolute Gasteiger partial charge is 0.342 e. The van der Waals surface area contributed by atoms with E-state index in [0.717, 1.165) is 51.6 Å². The van der Waals surface area contributed by atoms with Crippen molar-refractivity contribution in [2.45, 2.75) is 180 Å². The molecule has 3 aliphatic rings. The predicted molar refractivity (Wildman–Crippen MR) is 174 cm³/mol. The fraction of sp³-hybridized carbons (Fsp3) is 0.892. The molecule has 6 nitrogen and oxygen atoms in total. The van der Waals surface area contributed by atoms with Crippen molar-refractivity contribution in [3.05, 3.63) is 11.8 Å². The Kier molecular flexibility index (Phi) is 16.1. The number of nitrogens with zero attached hydrogens (tertiary/aromatic N) is 1. The van der Waals surface area contributed by atoms with Crippen molar-refractivity contribution < 1.29 is 28.7 Å². The minimum absolute atomic E-state index is 0.130. The summed E-state index contributed by atoms with van der Waals surface area (Å²) in [6.45, 7) is 8.55. The maximum absolute atomic E-state index is 13.9. The second kappa shape index (κ2) is 19.2. The topological polar surface area (TPSA) is 72.8 Å². The molecule has 3 rings (SSSR count). The number of fused-ring (bicyclic) bond motifs is 1. The lowest BCUT2D eigenvalue weighted by atomic mass is 9.76. The number of ether oxygens (including phenoxy) is 2. The van der Waals surface area contributed by atoms with Crippen LogP contribution in [0.1, 0.15) is 168 Å². The zero-order valence-electron chi connectivity index (χ0n) is 28.2. The van der Waals surface area contributed by atoms with Crippen LogP contribution < -0.4 is 0 Å². The number of hydrogen-bond acceptors (Lipinski definition) is 5. The van der Waals surface area contributed by atoms with E-state index in [2.05, 4.69) is 20.8 Å². The number of aliphatic hydroxyl groups is 1. The number of aliphatic hydroxyl groups excluding tert-OH is 1. The van der Waals surface area contributed by atoms with Crippen LogP contribution in [0.3, 0.4) is 0 Å². The van der Waals surface area contributed by atoms with E-state index in [-0.39, 0.29) is 24.2 Å². The molecule has 43 heavy (non-hydrogen) atoms. The molecule has 0 aromatic rings. The number of esters is 1. The molecule has 2 heterocycles. The Morgan fingerprint density at radius 2 is 1.40 bits per heavy atom. The van der Waals surface area contributed by atoms with E-state index in [1.807, 2.05) is 0 Å². The summed E-state index contributed by atoms with van der Waals surface area (Å²) in [5.41, 5.74) is -0.648. The van der Waals surface area contributed by atoms with Crippen molar-refractivity contribution in [1.82, 2.24) is 0 Å². The van der Waals surface area contributed by atoms with Crippen molar-refractivity contribution in [3.8, 4) is 0 Å². The quantitative estimate of drug-likeness (QED) is 0.0714. The van der Waals surface area contributed by atoms with Gasteiger partial charge in [-0.2, -0.15) is 0 Å². The van der Waals surface area contributed by atoms with Crippen LogP contribution in [0.5, 0.6) is 0 Å². The molecule has 0 aromatic heterocycles. The summed E-state index contributed by atoms with van der Waals surface area (Å²) >= 11 is 0. The standard InChI is InChI=1S/C37H65NO5/c1-4-7-9-10-11-12-13-14-15-16-17-18-19-20-21-22-26-38(29-31(6-3)23-8-5-2)35(40)30-42-37(38)25-24-32-33(39)27-36(41)43-34(32)28-37/h27,31-32,34H,4-26,28-30H2,1-3H3/p+1. The van der Waals surface area contributed by atoms with Crippen LogP contribution in [0.4, 0.5) is 0 Å². The van der Waals surface area contributed by atoms with Gasteiger partial charge in [0.05, 0.1) is 31.5 Å². The molecule has 1 amide bonds. The number of unbranched alkanes of at least 4 members (excludes halogenated alkanes) is 16. The van der Waals surface area contributed by atoms with E-state index in [4.69, 9.17) is 9.47 Å². The average Bonchev–Trinajstić information content (AvgIpc) is 3.24. The molecule has 248 valence electrons. The Morgan fingerprint density at radius 1 is 0.837 bits per heavy atom. The summed E-state index contributed by atoms with van der Waals surface area (Å²) in [6.07, 6.45) is 28.6. The molecular formula is C37H66NO5+. The third-order valence-electron chi connectivity index (χ3n) is 11.0. The molecule has 1 saturated carbocycles. The Hall–Kier alpha value is -1.40. The molecule has 0 bridgehead atoms. The van der Waals surface area contributed by atoms with Crippen molar-refractivity contribution >= 4 is 11.9 Å². The zero-order valence-corrected chi connectivity index (χ0v) is 28.2. The van der Waals surface area contributed by atoms with E-state index in [1.165, 1.54) is 102 Å². The largest absolute Gasteiger partial charge is 0.512 e. The van der Waals surface area contributed by atoms with Crippen LogP contribution in [-0.2, 0) is 19.1 Å². The molecule has 1 saturated heterocycles. The van der Waals surface area contributed by atoms with Crippen LogP contribution in [0.15, 0.2) is 11.8 Å². The summed E-state index contributed by atoms with van der Waals surface area (Å²) < 4.78 is 12.6. The lowest BCUT2D eigenvalue weighted by molar-refractivity contribution is -0.924. The van der Waals surface area contributed by atoms with Gasteiger partial charge in [0.2, 0.25) is 5.72 Å². The minimum atomic E-state index is -0.648. The highest BCUT2D eigenvalue weighted by atomic mass is 16.6. The van der Waals surface area contributed by atoms with E-state index in [1.54, 1.807) is 0 Å². The maximum atomic E-state index is 13.9. The van der Waals surface area contributed by atoms with Gasteiger partial charge in [0.1, 0.15) is 11.9 Å². The summed E-state index contributed by atoms with van der Waals surface area (Å²) in [5, 5.41) is 10.5. The summed E-state index contributed by atoms with van der Waals surface area (Å²) in [4.78, 5) is 26.0. The van der Waals surface area contributed by atoms with E-state index in [9.17, 15) is 14.7 Å². The van der Waals surface area contributed by atoms with Crippen LogP contribution >= 0.6 is 0 Å². The fourth-order valence-corrected chi connectivity index (χ4v) is 8.16. The number of hydrogen-bond donors (Lipinski definition) is 1. The average molecular weight is 605 g/mol. The normalized spacial score (nSPS) is 27.7. The lowest BCUT2D eigenvalue weighted by Crippen LogP contribution is -2.68. The van der Waals surface area contributed by atoms with E-state index in [0.29, 0.717) is 23.2 Å². The van der Waals surface area contributed by atoms with Gasteiger partial charge < -0.3 is 14.6 Å². The molecule has 2 aliphatic heterocycles. The van der Waals surface area contributed by atoms with Gasteiger partial charge in [-0.1, -0.05) is 124 Å². The Morgan fingerprint density at radius 3 is 1.95 bits per heavy atom. The van der Waals surface area contributed by atoms with Gasteiger partial charge in [-0.15, -0.1) is 0 Å². The van der Waals surface area contributed by atoms with E-state index >= 15 is 0 Å². The summed E-state index contributed by atoms with van der Waals surface area (Å²) in [5.74, 6) is 0.151. The van der Waals surface area contributed by atoms with Gasteiger partial charge in [0.15, 0.2) is 6.61 Å². The van der Waals surface area contributed by atoms with Crippen LogP contribution in [-0.4, -0.2) is 53.0 Å². The second-order valence-corrected chi connectivity index (χ2v) is 14.1. The molecule has 0 radical (unpaired) electrons. The number of carbonyl (C=O) groups is 2. The van der Waals surface area contributed by atoms with Crippen molar-refractivity contribution in [2.75, 3.05) is 19.7 Å². The van der Waals surface area contributed by atoms with Gasteiger partial charge in [0.25, 0.3) is 0 Å². The molecule has 5 atom stereocenters. The number of amides is 1. The van der Waals surface area contributed by atoms with Crippen LogP contribution in [0.2, 0.25) is 0 Å². The monoisotopic (exact) mass is 604 g/mol. The van der Waals surface area contributed by atoms with Crippen LogP contribution in [0, 0.1) is 11.8 Å². The van der Waals surface area contributed by atoms with Crippen molar-refractivity contribution in [1.29, 1.82) is 0 Å². The SMILES string of the molecule is CCCCCCCCCCCCCCCCCC[N+]1(CC(CC)CCCC)C(=O)COC12CCC1C(O)=CC(=O)OC1C2. The van der Waals surface area contributed by atoms with Crippen molar-refractivity contribution in [2.24, 2.45) is 11.8 Å². The lowest BCUT2D eigenvalue weighted by Gasteiger charge is -2.51. The van der Waals surface area contributed by atoms with Gasteiger partial charge in [-0.25, -0.2) is 14.1 Å². The molecular weight excluding hydrogens is 538 g/mol. The Bertz CT molecular complexity index is 858. The molecule has 5 unspecified atom stereocenters. The number of carbonyl (C=O) groups excluding carboxylic acids is 2. The first-order valence-electron chi connectivity index (χ1n) is 18.6. The number of rotatable bonds is 23. The molecule has 6 heteroatoms. The Balaban J connectivity index is 1.47. The molecule has 2 fully saturated rings. The number of quaternary nitrogens is 1. The molecule has 1 aliphatic carbocycles. The summed E-state index contributed by atoms with van der Waals surface area (Å²) in [6, 6.07) is 0. The molecule has 1 spiro atoms. The highest BCUT2D eigenvalue weighted by molar-refractivity contribution is 5.83. The second-order valence-electron chi connectivity index (χ2n) is 14.1. The maximum Gasteiger partial charge on any atom is 0.342 e. The fourth-order valence-electron chi connectivity index (χ4n) is 8.16. The first-order valence-corrected chi connectivity index (χ1v) is 18.6. The van der Waals surface area contributed by atoms with Gasteiger partial charge in [0, 0.05) is 12.3 Å². The van der Waals surface area contributed by atoms with Crippen molar-refractivity contribution in [3.63, 3.8) is 0 Å².